The Morgan fingerprint density at radius 3 is 2.72 bits per heavy atom. The molecule has 0 saturated carbocycles. The molecule has 96 valence electrons. The van der Waals surface area contributed by atoms with Crippen molar-refractivity contribution >= 4 is 11.6 Å². The van der Waals surface area contributed by atoms with Crippen LogP contribution in [0.4, 0.5) is 0 Å². The van der Waals surface area contributed by atoms with Crippen LogP contribution >= 0.6 is 11.6 Å². The number of imidazole rings is 1. The molecule has 0 bridgehead atoms. The average molecular weight is 264 g/mol. The van der Waals surface area contributed by atoms with Gasteiger partial charge in [-0.25, -0.2) is 4.98 Å². The number of halogens is 1. The number of benzene rings is 1. The number of aromatic nitrogens is 2. The summed E-state index contributed by atoms with van der Waals surface area (Å²) < 4.78 is 1.93. The van der Waals surface area contributed by atoms with E-state index in [0.29, 0.717) is 6.04 Å². The predicted octanol–water partition coefficient (Wildman–Crippen LogP) is 3.24. The largest absolute Gasteiger partial charge is 0.340 e. The van der Waals surface area contributed by atoms with Crippen LogP contribution in [0.5, 0.6) is 0 Å². The molecule has 0 aliphatic heterocycles. The van der Waals surface area contributed by atoms with Crippen molar-refractivity contribution in [3.8, 4) is 11.3 Å². The van der Waals surface area contributed by atoms with E-state index in [4.69, 9.17) is 11.6 Å². The van der Waals surface area contributed by atoms with Crippen molar-refractivity contribution in [2.24, 2.45) is 7.05 Å². The first-order valence-corrected chi connectivity index (χ1v) is 6.44. The summed E-state index contributed by atoms with van der Waals surface area (Å²) in [6.07, 6.45) is 3.77. The molecule has 0 aliphatic rings. The van der Waals surface area contributed by atoms with E-state index in [9.17, 15) is 0 Å². The minimum atomic E-state index is 0.455. The maximum atomic E-state index is 6.29. The lowest BCUT2D eigenvalue weighted by molar-refractivity contribution is 0.589. The number of nitrogens with zero attached hydrogens (tertiary/aromatic N) is 2. The molecule has 0 amide bonds. The second-order valence-electron chi connectivity index (χ2n) is 4.77. The Morgan fingerprint density at radius 2 is 2.17 bits per heavy atom. The van der Waals surface area contributed by atoms with E-state index < -0.39 is 0 Å². The summed E-state index contributed by atoms with van der Waals surface area (Å²) in [7, 11) is 1.96. The fourth-order valence-electron chi connectivity index (χ4n) is 1.73. The van der Waals surface area contributed by atoms with Crippen molar-refractivity contribution in [3.63, 3.8) is 0 Å². The summed E-state index contributed by atoms with van der Waals surface area (Å²) in [5, 5.41) is 4.15. The van der Waals surface area contributed by atoms with Crippen LogP contribution in [0.3, 0.4) is 0 Å². The lowest BCUT2D eigenvalue weighted by atomic mass is 10.1. The van der Waals surface area contributed by atoms with E-state index in [1.807, 2.05) is 23.9 Å². The fraction of sp³-hybridized carbons (Fsp3) is 0.357. The van der Waals surface area contributed by atoms with Gasteiger partial charge in [-0.05, 0) is 11.6 Å². The van der Waals surface area contributed by atoms with E-state index >= 15 is 0 Å². The van der Waals surface area contributed by atoms with E-state index in [-0.39, 0.29) is 0 Å². The van der Waals surface area contributed by atoms with Gasteiger partial charge in [-0.3, -0.25) is 0 Å². The smallest absolute Gasteiger partial charge is 0.0951 e. The Kier molecular flexibility index (Phi) is 4.04. The van der Waals surface area contributed by atoms with Gasteiger partial charge >= 0.3 is 0 Å². The predicted molar refractivity (Wildman–Crippen MR) is 75.6 cm³/mol. The molecule has 2 rings (SSSR count). The van der Waals surface area contributed by atoms with Gasteiger partial charge in [0.1, 0.15) is 0 Å². The third-order valence-electron chi connectivity index (χ3n) is 2.75. The molecule has 0 aliphatic carbocycles. The highest BCUT2D eigenvalue weighted by Crippen LogP contribution is 2.24. The number of nitrogens with one attached hydrogen (secondary N) is 1. The molecule has 0 saturated heterocycles. The highest BCUT2D eigenvalue weighted by atomic mass is 35.5. The van der Waals surface area contributed by atoms with Gasteiger partial charge in [-0.15, -0.1) is 0 Å². The molecule has 4 heteroatoms. The first-order valence-electron chi connectivity index (χ1n) is 6.06. The summed E-state index contributed by atoms with van der Waals surface area (Å²) in [6, 6.07) is 6.55. The summed E-state index contributed by atoms with van der Waals surface area (Å²) >= 11 is 6.29. The van der Waals surface area contributed by atoms with Gasteiger partial charge in [0.2, 0.25) is 0 Å². The van der Waals surface area contributed by atoms with Crippen molar-refractivity contribution in [2.45, 2.75) is 26.4 Å². The fourth-order valence-corrected chi connectivity index (χ4v) is 1.97. The highest BCUT2D eigenvalue weighted by molar-refractivity contribution is 6.31. The van der Waals surface area contributed by atoms with Gasteiger partial charge < -0.3 is 9.88 Å². The lowest BCUT2D eigenvalue weighted by Gasteiger charge is -2.10. The monoisotopic (exact) mass is 263 g/mol. The Morgan fingerprint density at radius 1 is 1.39 bits per heavy atom. The number of hydrogen-bond acceptors (Lipinski definition) is 2. The molecule has 18 heavy (non-hydrogen) atoms. The van der Waals surface area contributed by atoms with Crippen LogP contribution in [0.1, 0.15) is 19.4 Å². The van der Waals surface area contributed by atoms with Crippen LogP contribution in [0.15, 0.2) is 30.7 Å². The zero-order valence-corrected chi connectivity index (χ0v) is 11.7. The Bertz CT molecular complexity index is 532. The van der Waals surface area contributed by atoms with Crippen LogP contribution in [0, 0.1) is 0 Å². The molecule has 0 fully saturated rings. The van der Waals surface area contributed by atoms with E-state index in [1.54, 1.807) is 6.33 Å². The molecule has 1 aromatic carbocycles. The summed E-state index contributed by atoms with van der Waals surface area (Å²) in [6.45, 7) is 5.03. The minimum absolute atomic E-state index is 0.455. The van der Waals surface area contributed by atoms with Crippen LogP contribution < -0.4 is 5.32 Å². The molecule has 2 aromatic rings. The Balaban J connectivity index is 2.19. The topological polar surface area (TPSA) is 29.9 Å². The number of aryl methyl sites for hydroxylation is 1. The zero-order chi connectivity index (χ0) is 13.1. The SMILES string of the molecule is CC(C)NCc1ccc(-c2cn(C)cn2)cc1Cl. The molecular weight excluding hydrogens is 246 g/mol. The third-order valence-corrected chi connectivity index (χ3v) is 3.11. The molecular formula is C14H18ClN3. The van der Waals surface area contributed by atoms with Crippen LogP contribution in [0.25, 0.3) is 11.3 Å². The van der Waals surface area contributed by atoms with E-state index in [1.165, 1.54) is 0 Å². The summed E-state index contributed by atoms with van der Waals surface area (Å²) in [5.74, 6) is 0. The lowest BCUT2D eigenvalue weighted by Crippen LogP contribution is -2.21. The van der Waals surface area contributed by atoms with Crippen LogP contribution in [-0.4, -0.2) is 15.6 Å². The molecule has 0 atom stereocenters. The second-order valence-corrected chi connectivity index (χ2v) is 5.17. The van der Waals surface area contributed by atoms with Crippen molar-refractivity contribution in [3.05, 3.63) is 41.3 Å². The molecule has 0 radical (unpaired) electrons. The number of rotatable bonds is 4. The summed E-state index contributed by atoms with van der Waals surface area (Å²) in [4.78, 5) is 4.32. The molecule has 1 aromatic heterocycles. The molecule has 0 spiro atoms. The third kappa shape index (κ3) is 3.12. The van der Waals surface area contributed by atoms with Crippen molar-refractivity contribution < 1.29 is 0 Å². The first kappa shape index (κ1) is 13.1. The zero-order valence-electron chi connectivity index (χ0n) is 10.9. The Labute approximate surface area is 113 Å². The van der Waals surface area contributed by atoms with Gasteiger partial charge in [0.15, 0.2) is 0 Å². The highest BCUT2D eigenvalue weighted by Gasteiger charge is 2.06. The van der Waals surface area contributed by atoms with Crippen molar-refractivity contribution in [1.29, 1.82) is 0 Å². The molecule has 3 nitrogen and oxygen atoms in total. The van der Waals surface area contributed by atoms with Gasteiger partial charge in [-0.1, -0.05) is 37.6 Å². The first-order chi connectivity index (χ1) is 8.56. The second kappa shape index (κ2) is 5.55. The normalized spacial score (nSPS) is 11.2. The van der Waals surface area contributed by atoms with E-state index in [0.717, 1.165) is 28.4 Å². The van der Waals surface area contributed by atoms with Gasteiger partial charge in [0, 0.05) is 36.4 Å². The van der Waals surface area contributed by atoms with Crippen LogP contribution in [0.2, 0.25) is 5.02 Å². The molecule has 1 N–H and O–H groups in total. The van der Waals surface area contributed by atoms with Gasteiger partial charge in [-0.2, -0.15) is 0 Å². The van der Waals surface area contributed by atoms with Gasteiger partial charge in [0.25, 0.3) is 0 Å². The molecule has 0 unspecified atom stereocenters. The Hall–Kier alpha value is -1.32. The quantitative estimate of drug-likeness (QED) is 0.918. The number of hydrogen-bond donors (Lipinski definition) is 1. The van der Waals surface area contributed by atoms with Crippen molar-refractivity contribution in [1.82, 2.24) is 14.9 Å². The molecule has 1 heterocycles. The maximum Gasteiger partial charge on any atom is 0.0951 e. The standard InChI is InChI=1S/C14H18ClN3/c1-10(2)16-7-12-5-4-11(6-13(12)15)14-8-18(3)9-17-14/h4-6,8-10,16H,7H2,1-3H3. The maximum absolute atomic E-state index is 6.29. The average Bonchev–Trinajstić information content (AvgIpc) is 2.74. The minimum Gasteiger partial charge on any atom is -0.340 e. The van der Waals surface area contributed by atoms with Crippen molar-refractivity contribution in [2.75, 3.05) is 0 Å². The summed E-state index contributed by atoms with van der Waals surface area (Å²) in [5.41, 5.74) is 3.11. The van der Waals surface area contributed by atoms with Crippen LogP contribution in [-0.2, 0) is 13.6 Å². The van der Waals surface area contributed by atoms with E-state index in [2.05, 4.69) is 36.3 Å². The van der Waals surface area contributed by atoms with Gasteiger partial charge in [0.05, 0.1) is 12.0 Å².